The van der Waals surface area contributed by atoms with E-state index in [-0.39, 0.29) is 36.8 Å². The van der Waals surface area contributed by atoms with Crippen molar-refractivity contribution < 1.29 is 9.53 Å². The number of hydrogen-bond donors (Lipinski definition) is 3. The van der Waals surface area contributed by atoms with Crippen LogP contribution in [0.15, 0.2) is 42.5 Å². The second-order valence-electron chi connectivity index (χ2n) is 6.73. The molecule has 2 aromatic carbocycles. The first kappa shape index (κ1) is 22.2. The van der Waals surface area contributed by atoms with Gasteiger partial charge in [0.25, 0.3) is 0 Å². The number of nitrogens with one attached hydrogen (secondary N) is 2. The molecule has 1 aromatic heterocycles. The molecule has 2 atom stereocenters. The largest absolute Gasteiger partial charge is 0.370 e. The van der Waals surface area contributed by atoms with Gasteiger partial charge in [-0.3, -0.25) is 4.79 Å². The van der Waals surface area contributed by atoms with Crippen molar-refractivity contribution in [3.05, 3.63) is 59.4 Å². The van der Waals surface area contributed by atoms with Crippen molar-refractivity contribution in [2.45, 2.75) is 31.9 Å². The average molecular weight is 423 g/mol. The minimum Gasteiger partial charge on any atom is -0.370 e. The summed E-state index contributed by atoms with van der Waals surface area (Å²) in [6.45, 7) is 2.78. The molecule has 0 radical (unpaired) electrons. The molecule has 150 valence electrons. The van der Waals surface area contributed by atoms with Crippen LogP contribution in [0.4, 0.5) is 5.69 Å². The van der Waals surface area contributed by atoms with Crippen molar-refractivity contribution >= 4 is 47.4 Å². The van der Waals surface area contributed by atoms with Crippen LogP contribution in [0.25, 0.3) is 11.0 Å². The molecule has 1 aliphatic rings. The number of hydrogen-bond acceptors (Lipinski definition) is 4. The van der Waals surface area contributed by atoms with Gasteiger partial charge in [0.05, 0.1) is 11.0 Å². The van der Waals surface area contributed by atoms with Crippen LogP contribution in [-0.2, 0) is 9.53 Å². The smallest absolute Gasteiger partial charge is 0.245 e. The standard InChI is InChI=1S/C20H22N4O2.2ClH/c1-12-4-6-13(7-5-12)18(21)20(25)22-14-8-9-15-16(11-14)24-19(23-15)17-3-2-10-26-17;;/h4-9,11,17-18H,2-3,10,21H2,1H3,(H,22,25)(H,23,24);2*1H. The number of carbonyl (C=O) groups is 1. The molecule has 1 saturated heterocycles. The van der Waals surface area contributed by atoms with Gasteiger partial charge in [0.15, 0.2) is 0 Å². The summed E-state index contributed by atoms with van der Waals surface area (Å²) in [5.74, 6) is 0.601. The number of rotatable bonds is 4. The average Bonchev–Trinajstić information content (AvgIpc) is 3.30. The fourth-order valence-corrected chi connectivity index (χ4v) is 3.20. The van der Waals surface area contributed by atoms with Crippen molar-refractivity contribution in [2.75, 3.05) is 11.9 Å². The molecule has 4 rings (SSSR count). The van der Waals surface area contributed by atoms with Gasteiger partial charge in [-0.15, -0.1) is 24.8 Å². The third kappa shape index (κ3) is 4.64. The maximum absolute atomic E-state index is 12.5. The highest BCUT2D eigenvalue weighted by atomic mass is 35.5. The molecule has 28 heavy (non-hydrogen) atoms. The highest BCUT2D eigenvalue weighted by Gasteiger charge is 2.21. The number of amides is 1. The third-order valence-electron chi connectivity index (χ3n) is 4.72. The van der Waals surface area contributed by atoms with Crippen LogP contribution in [0, 0.1) is 6.92 Å². The fraction of sp³-hybridized carbons (Fsp3) is 0.300. The molecule has 3 aromatic rings. The van der Waals surface area contributed by atoms with Gasteiger partial charge < -0.3 is 20.8 Å². The number of aryl methyl sites for hydroxylation is 1. The predicted molar refractivity (Wildman–Crippen MR) is 115 cm³/mol. The van der Waals surface area contributed by atoms with Crippen molar-refractivity contribution in [3.8, 4) is 0 Å². The number of ether oxygens (including phenoxy) is 1. The first-order valence-electron chi connectivity index (χ1n) is 8.84. The zero-order valence-corrected chi connectivity index (χ0v) is 17.1. The Labute approximate surface area is 176 Å². The van der Waals surface area contributed by atoms with Crippen LogP contribution in [0.3, 0.4) is 0 Å². The zero-order valence-electron chi connectivity index (χ0n) is 15.5. The number of nitrogens with two attached hydrogens (primary N) is 1. The lowest BCUT2D eigenvalue weighted by atomic mass is 10.1. The number of carbonyl (C=O) groups excluding carboxylic acids is 1. The highest BCUT2D eigenvalue weighted by molar-refractivity contribution is 5.96. The second kappa shape index (κ2) is 9.39. The quantitative estimate of drug-likeness (QED) is 0.586. The van der Waals surface area contributed by atoms with Crippen LogP contribution in [0.2, 0.25) is 0 Å². The number of anilines is 1. The van der Waals surface area contributed by atoms with E-state index < -0.39 is 6.04 Å². The molecule has 1 fully saturated rings. The zero-order chi connectivity index (χ0) is 18.1. The van der Waals surface area contributed by atoms with Crippen LogP contribution in [0.5, 0.6) is 0 Å². The Morgan fingerprint density at radius 3 is 2.68 bits per heavy atom. The number of halogens is 2. The van der Waals surface area contributed by atoms with Crippen molar-refractivity contribution in [3.63, 3.8) is 0 Å². The first-order valence-corrected chi connectivity index (χ1v) is 8.84. The van der Waals surface area contributed by atoms with Gasteiger partial charge in [0, 0.05) is 12.3 Å². The van der Waals surface area contributed by atoms with Gasteiger partial charge in [-0.05, 0) is 43.5 Å². The number of imidazole rings is 1. The van der Waals surface area contributed by atoms with Gasteiger partial charge in [-0.2, -0.15) is 0 Å². The van der Waals surface area contributed by atoms with E-state index in [4.69, 9.17) is 10.5 Å². The molecule has 0 saturated carbocycles. The minimum atomic E-state index is -0.712. The molecule has 0 bridgehead atoms. The van der Waals surface area contributed by atoms with Crippen molar-refractivity contribution in [1.29, 1.82) is 0 Å². The van der Waals surface area contributed by atoms with E-state index in [1.807, 2.05) is 49.4 Å². The molecule has 2 heterocycles. The van der Waals surface area contributed by atoms with Crippen molar-refractivity contribution in [2.24, 2.45) is 5.73 Å². The molecular formula is C20H24Cl2N4O2. The molecule has 2 unspecified atom stereocenters. The molecule has 6 nitrogen and oxygen atoms in total. The maximum atomic E-state index is 12.5. The number of H-pyrrole nitrogens is 1. The van der Waals surface area contributed by atoms with E-state index in [2.05, 4.69) is 15.3 Å². The SMILES string of the molecule is Cc1ccc(C(N)C(=O)Nc2ccc3nc(C4CCCO4)[nH]c3c2)cc1.Cl.Cl. The van der Waals surface area contributed by atoms with Crippen LogP contribution >= 0.6 is 24.8 Å². The lowest BCUT2D eigenvalue weighted by molar-refractivity contribution is -0.117. The van der Waals surface area contributed by atoms with E-state index >= 15 is 0 Å². The summed E-state index contributed by atoms with van der Waals surface area (Å²) in [7, 11) is 0. The maximum Gasteiger partial charge on any atom is 0.245 e. The normalized spacial score (nSPS) is 16.9. The molecule has 0 spiro atoms. The van der Waals surface area contributed by atoms with Crippen molar-refractivity contribution in [1.82, 2.24) is 9.97 Å². The van der Waals surface area contributed by atoms with Crippen LogP contribution in [-0.4, -0.2) is 22.5 Å². The van der Waals surface area contributed by atoms with Gasteiger partial charge >= 0.3 is 0 Å². The Kier molecular flexibility index (Phi) is 7.43. The fourth-order valence-electron chi connectivity index (χ4n) is 3.20. The summed E-state index contributed by atoms with van der Waals surface area (Å²) >= 11 is 0. The van der Waals surface area contributed by atoms with Crippen LogP contribution in [0.1, 0.15) is 41.9 Å². The third-order valence-corrected chi connectivity index (χ3v) is 4.72. The lowest BCUT2D eigenvalue weighted by Gasteiger charge is -2.13. The second-order valence-corrected chi connectivity index (χ2v) is 6.73. The van der Waals surface area contributed by atoms with E-state index in [0.29, 0.717) is 5.69 Å². The number of aromatic nitrogens is 2. The van der Waals surface area contributed by atoms with Gasteiger partial charge in [-0.1, -0.05) is 29.8 Å². The van der Waals surface area contributed by atoms with Gasteiger partial charge in [-0.25, -0.2) is 4.98 Å². The van der Waals surface area contributed by atoms with E-state index in [9.17, 15) is 4.79 Å². The summed E-state index contributed by atoms with van der Waals surface area (Å²) in [4.78, 5) is 20.4. The summed E-state index contributed by atoms with van der Waals surface area (Å²) in [5, 5.41) is 2.88. The highest BCUT2D eigenvalue weighted by Crippen LogP contribution is 2.28. The van der Waals surface area contributed by atoms with E-state index in [1.54, 1.807) is 0 Å². The topological polar surface area (TPSA) is 93.0 Å². The minimum absolute atomic E-state index is 0. The summed E-state index contributed by atoms with van der Waals surface area (Å²) in [5.41, 5.74) is 10.4. The first-order chi connectivity index (χ1) is 12.6. The van der Waals surface area contributed by atoms with Gasteiger partial charge in [0.1, 0.15) is 18.0 Å². The molecule has 4 N–H and O–H groups in total. The van der Waals surface area contributed by atoms with Gasteiger partial charge in [0.2, 0.25) is 5.91 Å². The number of aromatic amines is 1. The molecular weight excluding hydrogens is 399 g/mol. The Morgan fingerprint density at radius 1 is 1.25 bits per heavy atom. The molecule has 1 aliphatic heterocycles. The number of benzene rings is 2. The van der Waals surface area contributed by atoms with E-state index in [1.165, 1.54) is 0 Å². The Balaban J connectivity index is 0.00000140. The predicted octanol–water partition coefficient (Wildman–Crippen LogP) is 4.20. The molecule has 8 heteroatoms. The number of nitrogens with zero attached hydrogens (tertiary/aromatic N) is 1. The van der Waals surface area contributed by atoms with Crippen LogP contribution < -0.4 is 11.1 Å². The number of fused-ring (bicyclic) bond motifs is 1. The lowest BCUT2D eigenvalue weighted by Crippen LogP contribution is -2.27. The molecule has 1 amide bonds. The monoisotopic (exact) mass is 422 g/mol. The Bertz CT molecular complexity index is 937. The Morgan fingerprint density at radius 2 is 2.00 bits per heavy atom. The summed E-state index contributed by atoms with van der Waals surface area (Å²) in [6.07, 6.45) is 2.07. The Hall–Kier alpha value is -2.12. The van der Waals surface area contributed by atoms with E-state index in [0.717, 1.165) is 47.4 Å². The summed E-state index contributed by atoms with van der Waals surface area (Å²) < 4.78 is 5.67. The summed E-state index contributed by atoms with van der Waals surface area (Å²) in [6, 6.07) is 12.5. The molecule has 0 aliphatic carbocycles.